The number of fused-ring (bicyclic) bond motifs is 1. The molecule has 0 spiro atoms. The van der Waals surface area contributed by atoms with Gasteiger partial charge < -0.3 is 10.6 Å². The quantitative estimate of drug-likeness (QED) is 0.786. The fourth-order valence-electron chi connectivity index (χ4n) is 3.32. The second-order valence-corrected chi connectivity index (χ2v) is 5.98. The number of benzene rings is 1. The predicted molar refractivity (Wildman–Crippen MR) is 88.3 cm³/mol. The normalized spacial score (nSPS) is 21.0. The third kappa shape index (κ3) is 2.39. The lowest BCUT2D eigenvalue weighted by Gasteiger charge is -2.16. The van der Waals surface area contributed by atoms with E-state index in [4.69, 9.17) is 5.73 Å². The van der Waals surface area contributed by atoms with Gasteiger partial charge in [-0.15, -0.1) is 0 Å². The van der Waals surface area contributed by atoms with Crippen LogP contribution in [-0.4, -0.2) is 39.6 Å². The average Bonchev–Trinajstić information content (AvgIpc) is 3.19. The minimum Gasteiger partial charge on any atom is -0.336 e. The summed E-state index contributed by atoms with van der Waals surface area (Å²) >= 11 is 0. The Kier molecular flexibility index (Phi) is 3.35. The van der Waals surface area contributed by atoms with Gasteiger partial charge in [0.1, 0.15) is 0 Å². The van der Waals surface area contributed by atoms with E-state index in [0.29, 0.717) is 18.7 Å². The van der Waals surface area contributed by atoms with Crippen LogP contribution in [-0.2, 0) is 0 Å². The molecule has 5 heteroatoms. The first-order chi connectivity index (χ1) is 11.2. The summed E-state index contributed by atoms with van der Waals surface area (Å²) in [6.45, 7) is 1.22. The van der Waals surface area contributed by atoms with Crippen LogP contribution in [0.25, 0.3) is 5.52 Å². The van der Waals surface area contributed by atoms with Gasteiger partial charge in [0.2, 0.25) is 0 Å². The Labute approximate surface area is 134 Å². The largest absolute Gasteiger partial charge is 0.336 e. The molecule has 2 N–H and O–H groups in total. The van der Waals surface area contributed by atoms with E-state index in [1.54, 1.807) is 10.7 Å². The molecule has 1 fully saturated rings. The van der Waals surface area contributed by atoms with Crippen LogP contribution >= 0.6 is 0 Å². The summed E-state index contributed by atoms with van der Waals surface area (Å²) in [6, 6.07) is 15.8. The Balaban J connectivity index is 1.61. The van der Waals surface area contributed by atoms with Crippen LogP contribution in [0.5, 0.6) is 0 Å². The molecular formula is C18H18N4O. The number of likely N-dealkylation sites (tertiary alicyclic amines) is 1. The number of amides is 1. The first-order valence-electron chi connectivity index (χ1n) is 7.76. The Bertz CT molecular complexity index is 842. The van der Waals surface area contributed by atoms with Gasteiger partial charge in [-0.3, -0.25) is 4.79 Å². The molecule has 0 unspecified atom stereocenters. The molecule has 1 aliphatic rings. The van der Waals surface area contributed by atoms with Gasteiger partial charge in [0, 0.05) is 31.2 Å². The summed E-state index contributed by atoms with van der Waals surface area (Å²) in [6.07, 6.45) is 3.48. The van der Waals surface area contributed by atoms with Crippen molar-refractivity contribution in [3.63, 3.8) is 0 Å². The monoisotopic (exact) mass is 306 g/mol. The van der Waals surface area contributed by atoms with Gasteiger partial charge in [-0.2, -0.15) is 5.10 Å². The maximum Gasteiger partial charge on any atom is 0.257 e. The Morgan fingerprint density at radius 3 is 2.70 bits per heavy atom. The molecule has 2 atom stereocenters. The van der Waals surface area contributed by atoms with Crippen molar-refractivity contribution in [2.24, 2.45) is 5.73 Å². The Morgan fingerprint density at radius 1 is 1.09 bits per heavy atom. The van der Waals surface area contributed by atoms with Crippen LogP contribution in [0.1, 0.15) is 21.8 Å². The zero-order valence-electron chi connectivity index (χ0n) is 12.7. The van der Waals surface area contributed by atoms with E-state index >= 15 is 0 Å². The highest BCUT2D eigenvalue weighted by molar-refractivity contribution is 6.00. The van der Waals surface area contributed by atoms with E-state index in [-0.39, 0.29) is 17.9 Å². The molecule has 1 amide bonds. The van der Waals surface area contributed by atoms with Gasteiger partial charge in [-0.05, 0) is 17.7 Å². The fourth-order valence-corrected chi connectivity index (χ4v) is 3.32. The van der Waals surface area contributed by atoms with E-state index < -0.39 is 0 Å². The number of nitrogens with two attached hydrogens (primary N) is 1. The highest BCUT2D eigenvalue weighted by Gasteiger charge is 2.34. The van der Waals surface area contributed by atoms with E-state index in [9.17, 15) is 4.79 Å². The SMILES string of the molecule is N[C@H]1CN(C(=O)c2cnn3ccccc23)C[C@@H]1c1ccccc1. The minimum atomic E-state index is -0.0387. The molecule has 1 saturated heterocycles. The molecule has 4 rings (SSSR count). The van der Waals surface area contributed by atoms with Crippen molar-refractivity contribution in [2.45, 2.75) is 12.0 Å². The lowest BCUT2D eigenvalue weighted by Crippen LogP contribution is -2.32. The van der Waals surface area contributed by atoms with Gasteiger partial charge in [0.05, 0.1) is 17.3 Å². The number of rotatable bonds is 2. The van der Waals surface area contributed by atoms with E-state index in [1.807, 2.05) is 47.5 Å². The molecule has 1 aromatic carbocycles. The first-order valence-corrected chi connectivity index (χ1v) is 7.76. The molecule has 23 heavy (non-hydrogen) atoms. The molecule has 0 aliphatic carbocycles. The van der Waals surface area contributed by atoms with Crippen molar-refractivity contribution < 1.29 is 4.79 Å². The molecule has 0 radical (unpaired) electrons. The topological polar surface area (TPSA) is 63.6 Å². The molecular weight excluding hydrogens is 288 g/mol. The number of nitrogens with zero attached hydrogens (tertiary/aromatic N) is 3. The van der Waals surface area contributed by atoms with Crippen LogP contribution in [0, 0.1) is 0 Å². The lowest BCUT2D eigenvalue weighted by atomic mass is 9.95. The molecule has 1 aliphatic heterocycles. The van der Waals surface area contributed by atoms with Gasteiger partial charge >= 0.3 is 0 Å². The zero-order chi connectivity index (χ0) is 15.8. The Hall–Kier alpha value is -2.66. The number of carbonyl (C=O) groups excluding carboxylic acids is 1. The number of aromatic nitrogens is 2. The number of hydrogen-bond acceptors (Lipinski definition) is 3. The lowest BCUT2D eigenvalue weighted by molar-refractivity contribution is 0.0791. The van der Waals surface area contributed by atoms with Crippen molar-refractivity contribution in [1.82, 2.24) is 14.5 Å². The first kappa shape index (κ1) is 14.0. The third-order valence-electron chi connectivity index (χ3n) is 4.54. The highest BCUT2D eigenvalue weighted by Crippen LogP contribution is 2.28. The summed E-state index contributed by atoms with van der Waals surface area (Å²) in [5.41, 5.74) is 8.94. The summed E-state index contributed by atoms with van der Waals surface area (Å²) in [7, 11) is 0. The molecule has 3 heterocycles. The van der Waals surface area contributed by atoms with Gasteiger partial charge in [0.25, 0.3) is 5.91 Å². The van der Waals surface area contributed by atoms with Crippen molar-refractivity contribution in [3.05, 3.63) is 72.1 Å². The van der Waals surface area contributed by atoms with Crippen molar-refractivity contribution >= 4 is 11.4 Å². The fraction of sp³-hybridized carbons (Fsp3) is 0.222. The van der Waals surface area contributed by atoms with E-state index in [2.05, 4.69) is 17.2 Å². The van der Waals surface area contributed by atoms with Crippen LogP contribution in [0.2, 0.25) is 0 Å². The zero-order valence-corrected chi connectivity index (χ0v) is 12.7. The number of pyridine rings is 1. The summed E-state index contributed by atoms with van der Waals surface area (Å²) in [5.74, 6) is 0.182. The molecule has 2 aromatic heterocycles. The maximum absolute atomic E-state index is 12.9. The van der Waals surface area contributed by atoms with E-state index in [1.165, 1.54) is 5.56 Å². The predicted octanol–water partition coefficient (Wildman–Crippen LogP) is 1.90. The molecule has 5 nitrogen and oxygen atoms in total. The molecule has 0 saturated carbocycles. The van der Waals surface area contributed by atoms with Crippen LogP contribution in [0.15, 0.2) is 60.9 Å². The summed E-state index contributed by atoms with van der Waals surface area (Å²) in [5, 5.41) is 4.25. The van der Waals surface area contributed by atoms with Crippen LogP contribution < -0.4 is 5.73 Å². The van der Waals surface area contributed by atoms with Crippen LogP contribution in [0.3, 0.4) is 0 Å². The van der Waals surface area contributed by atoms with Crippen LogP contribution in [0.4, 0.5) is 0 Å². The second kappa shape index (κ2) is 5.52. The Morgan fingerprint density at radius 2 is 1.87 bits per heavy atom. The van der Waals surface area contributed by atoms with Crippen molar-refractivity contribution in [3.8, 4) is 0 Å². The molecule has 3 aromatic rings. The number of hydrogen-bond donors (Lipinski definition) is 1. The van der Waals surface area contributed by atoms with Crippen molar-refractivity contribution in [1.29, 1.82) is 0 Å². The smallest absolute Gasteiger partial charge is 0.257 e. The molecule has 116 valence electrons. The minimum absolute atomic E-state index is 0.0000751. The highest BCUT2D eigenvalue weighted by atomic mass is 16.2. The standard InChI is InChI=1S/C18H18N4O/c19-16-12-21(11-15(16)13-6-2-1-3-7-13)18(23)14-10-20-22-9-5-4-8-17(14)22/h1-10,15-16H,11-12,19H2/t15-,16+/m1/s1. The van der Waals surface area contributed by atoms with Gasteiger partial charge in [0.15, 0.2) is 0 Å². The average molecular weight is 306 g/mol. The van der Waals surface area contributed by atoms with Crippen molar-refractivity contribution in [2.75, 3.05) is 13.1 Å². The van der Waals surface area contributed by atoms with Gasteiger partial charge in [-0.25, -0.2) is 4.52 Å². The second-order valence-electron chi connectivity index (χ2n) is 5.98. The molecule has 0 bridgehead atoms. The number of carbonyl (C=O) groups is 1. The summed E-state index contributed by atoms with van der Waals surface area (Å²) in [4.78, 5) is 14.7. The van der Waals surface area contributed by atoms with E-state index in [0.717, 1.165) is 5.52 Å². The summed E-state index contributed by atoms with van der Waals surface area (Å²) < 4.78 is 1.72. The third-order valence-corrected chi connectivity index (χ3v) is 4.54. The van der Waals surface area contributed by atoms with Gasteiger partial charge in [-0.1, -0.05) is 36.4 Å². The maximum atomic E-state index is 12.9.